The van der Waals surface area contributed by atoms with Crippen LogP contribution in [0.25, 0.3) is 11.2 Å². The number of nitrogens with zero attached hydrogens (tertiary/aromatic N) is 5. The number of halogens is 2. The fourth-order valence-corrected chi connectivity index (χ4v) is 3.56. The van der Waals surface area contributed by atoms with Crippen molar-refractivity contribution in [2.45, 2.75) is 43.8 Å². The molecular formula is C15H20ClFN6O3. The topological polar surface area (TPSA) is 109 Å². The van der Waals surface area contributed by atoms with Gasteiger partial charge < -0.3 is 20.4 Å². The van der Waals surface area contributed by atoms with Crippen molar-refractivity contribution in [1.82, 2.24) is 24.5 Å². The summed E-state index contributed by atoms with van der Waals surface area (Å²) in [6.45, 7) is 0.871. The molecule has 9 nitrogen and oxygen atoms in total. The monoisotopic (exact) mass is 386 g/mol. The lowest BCUT2D eigenvalue weighted by atomic mass is 10.1. The minimum Gasteiger partial charge on any atom is -0.387 e. The molecule has 2 aliphatic rings. The number of nitrogens with one attached hydrogen (secondary N) is 1. The molecule has 2 aliphatic heterocycles. The molecule has 0 aliphatic carbocycles. The summed E-state index contributed by atoms with van der Waals surface area (Å²) in [7, 11) is 0. The first-order chi connectivity index (χ1) is 12.6. The maximum atomic E-state index is 13.0. The van der Waals surface area contributed by atoms with E-state index in [-0.39, 0.29) is 5.28 Å². The van der Waals surface area contributed by atoms with Crippen LogP contribution < -0.4 is 5.43 Å². The highest BCUT2D eigenvalue weighted by Crippen LogP contribution is 2.33. The third-order valence-electron chi connectivity index (χ3n) is 4.78. The maximum Gasteiger partial charge on any atom is 0.226 e. The molecule has 2 fully saturated rings. The van der Waals surface area contributed by atoms with Crippen molar-refractivity contribution in [3.63, 3.8) is 0 Å². The molecule has 4 heterocycles. The zero-order chi connectivity index (χ0) is 18.3. The van der Waals surface area contributed by atoms with Crippen molar-refractivity contribution >= 4 is 28.6 Å². The molecule has 0 spiro atoms. The van der Waals surface area contributed by atoms with Crippen LogP contribution in [0.1, 0.15) is 25.5 Å². The minimum absolute atomic E-state index is 0.00818. The van der Waals surface area contributed by atoms with Gasteiger partial charge in [-0.15, -0.1) is 0 Å². The van der Waals surface area contributed by atoms with Crippen molar-refractivity contribution in [2.75, 3.05) is 25.2 Å². The van der Waals surface area contributed by atoms with Crippen molar-refractivity contribution in [2.24, 2.45) is 0 Å². The molecule has 11 heteroatoms. The minimum atomic E-state index is -1.33. The lowest BCUT2D eigenvalue weighted by Crippen LogP contribution is -2.35. The molecule has 0 unspecified atom stereocenters. The smallest absolute Gasteiger partial charge is 0.226 e. The summed E-state index contributed by atoms with van der Waals surface area (Å²) in [4.78, 5) is 12.7. The van der Waals surface area contributed by atoms with Gasteiger partial charge in [0.1, 0.15) is 25.0 Å². The van der Waals surface area contributed by atoms with Crippen LogP contribution in [0.2, 0.25) is 5.28 Å². The van der Waals surface area contributed by atoms with Gasteiger partial charge in [0.2, 0.25) is 5.28 Å². The van der Waals surface area contributed by atoms with Crippen LogP contribution in [0.5, 0.6) is 0 Å². The number of piperidine rings is 1. The number of rotatable bonds is 4. The molecule has 3 N–H and O–H groups in total. The molecule has 0 amide bonds. The third kappa shape index (κ3) is 3.12. The van der Waals surface area contributed by atoms with E-state index in [4.69, 9.17) is 16.3 Å². The van der Waals surface area contributed by atoms with E-state index in [0.29, 0.717) is 17.0 Å². The number of ether oxygens (including phenoxy) is 1. The van der Waals surface area contributed by atoms with Crippen LogP contribution in [-0.4, -0.2) is 72.8 Å². The first kappa shape index (κ1) is 17.8. The van der Waals surface area contributed by atoms with Gasteiger partial charge in [0.15, 0.2) is 23.2 Å². The maximum absolute atomic E-state index is 13.0. The molecule has 2 aromatic heterocycles. The van der Waals surface area contributed by atoms with Crippen LogP contribution in [0.15, 0.2) is 6.33 Å². The Morgan fingerprint density at radius 3 is 2.69 bits per heavy atom. The zero-order valence-corrected chi connectivity index (χ0v) is 14.7. The lowest BCUT2D eigenvalue weighted by molar-refractivity contribution is -0.0409. The van der Waals surface area contributed by atoms with Crippen LogP contribution in [0.3, 0.4) is 0 Å². The quantitative estimate of drug-likeness (QED) is 0.664. The summed E-state index contributed by atoms with van der Waals surface area (Å²) in [6, 6.07) is 0. The highest BCUT2D eigenvalue weighted by atomic mass is 35.5. The number of hydrogen-bond acceptors (Lipinski definition) is 8. The van der Waals surface area contributed by atoms with Crippen LogP contribution in [0, 0.1) is 0 Å². The number of fused-ring (bicyclic) bond motifs is 1. The SMILES string of the molecule is O[C@@H]1[C@H](O)[C@@H](CF)O[C@H]1n1cnc2c(NN3CCCCC3)nc(Cl)nc21. The predicted molar refractivity (Wildman–Crippen MR) is 91.3 cm³/mol. The van der Waals surface area contributed by atoms with E-state index in [9.17, 15) is 14.6 Å². The summed E-state index contributed by atoms with van der Waals surface area (Å²) in [5.74, 6) is 0.454. The van der Waals surface area contributed by atoms with Gasteiger partial charge in [0, 0.05) is 13.1 Å². The largest absolute Gasteiger partial charge is 0.387 e. The van der Waals surface area contributed by atoms with E-state index in [1.165, 1.54) is 17.3 Å². The van der Waals surface area contributed by atoms with E-state index in [2.05, 4.69) is 20.4 Å². The first-order valence-corrected chi connectivity index (χ1v) is 8.95. The Morgan fingerprint density at radius 1 is 1.23 bits per heavy atom. The standard InChI is InChI=1S/C15H20ClFN6O3/c16-15-19-12(21-22-4-2-1-3-5-22)9-13(20-15)23(7-18-9)14-11(25)10(24)8(6-17)26-14/h7-8,10-11,14,24-25H,1-6H2,(H,19,20,21)/t8-,10-,11-,14-/m1/s1. The fraction of sp³-hybridized carbons (Fsp3) is 0.667. The Kier molecular flexibility index (Phi) is 4.93. The highest BCUT2D eigenvalue weighted by molar-refractivity contribution is 6.28. The normalized spacial score (nSPS) is 30.2. The van der Waals surface area contributed by atoms with Gasteiger partial charge in [-0.05, 0) is 24.4 Å². The van der Waals surface area contributed by atoms with Crippen LogP contribution >= 0.6 is 11.6 Å². The number of hydrogen-bond donors (Lipinski definition) is 3. The Morgan fingerprint density at radius 2 is 2.00 bits per heavy atom. The molecule has 0 saturated carbocycles. The number of aliphatic hydroxyl groups is 2. The average molecular weight is 387 g/mol. The summed E-state index contributed by atoms with van der Waals surface area (Å²) in [5, 5.41) is 22.2. The number of imidazole rings is 1. The van der Waals surface area contributed by atoms with Crippen LogP contribution in [0.4, 0.5) is 10.2 Å². The number of hydrazine groups is 1. The van der Waals surface area contributed by atoms with Gasteiger partial charge in [-0.2, -0.15) is 9.97 Å². The van der Waals surface area contributed by atoms with E-state index in [1.54, 1.807) is 0 Å². The number of aromatic nitrogens is 4. The van der Waals surface area contributed by atoms with Crippen LogP contribution in [-0.2, 0) is 4.74 Å². The van der Waals surface area contributed by atoms with Gasteiger partial charge in [-0.1, -0.05) is 6.42 Å². The Hall–Kier alpha value is -1.59. The molecule has 0 aromatic carbocycles. The van der Waals surface area contributed by atoms with Crippen molar-refractivity contribution in [3.8, 4) is 0 Å². The van der Waals surface area contributed by atoms with Gasteiger partial charge in [-0.3, -0.25) is 4.57 Å². The predicted octanol–water partition coefficient (Wildman–Crippen LogP) is 0.881. The Balaban J connectivity index is 1.67. The second-order valence-electron chi connectivity index (χ2n) is 6.53. The van der Waals surface area contributed by atoms with E-state index >= 15 is 0 Å². The number of aliphatic hydroxyl groups excluding tert-OH is 2. The second-order valence-corrected chi connectivity index (χ2v) is 6.86. The number of alkyl halides is 1. The molecule has 4 rings (SSSR count). The lowest BCUT2D eigenvalue weighted by Gasteiger charge is -2.27. The molecule has 0 radical (unpaired) electrons. The third-order valence-corrected chi connectivity index (χ3v) is 4.95. The molecule has 2 aromatic rings. The molecule has 2 saturated heterocycles. The summed E-state index contributed by atoms with van der Waals surface area (Å²) in [6.07, 6.45) is 0.0496. The first-order valence-electron chi connectivity index (χ1n) is 8.57. The summed E-state index contributed by atoms with van der Waals surface area (Å²) >= 11 is 6.06. The summed E-state index contributed by atoms with van der Waals surface area (Å²) < 4.78 is 19.8. The second kappa shape index (κ2) is 7.20. The van der Waals surface area contributed by atoms with Gasteiger partial charge >= 0.3 is 0 Å². The van der Waals surface area contributed by atoms with Crippen molar-refractivity contribution in [3.05, 3.63) is 11.6 Å². The summed E-state index contributed by atoms with van der Waals surface area (Å²) in [5.41, 5.74) is 4.00. The molecule has 142 valence electrons. The fourth-order valence-electron chi connectivity index (χ4n) is 3.40. The van der Waals surface area contributed by atoms with Gasteiger partial charge in [0.05, 0.1) is 6.33 Å². The van der Waals surface area contributed by atoms with E-state index in [0.717, 1.165) is 25.9 Å². The highest BCUT2D eigenvalue weighted by Gasteiger charge is 2.44. The van der Waals surface area contributed by atoms with Gasteiger partial charge in [0.25, 0.3) is 0 Å². The molecule has 26 heavy (non-hydrogen) atoms. The van der Waals surface area contributed by atoms with E-state index in [1.807, 2.05) is 5.01 Å². The number of anilines is 1. The molecular weight excluding hydrogens is 367 g/mol. The van der Waals surface area contributed by atoms with Crippen molar-refractivity contribution < 1.29 is 19.3 Å². The molecule has 4 atom stereocenters. The average Bonchev–Trinajstić information content (AvgIpc) is 3.17. The van der Waals surface area contributed by atoms with Crippen molar-refractivity contribution in [1.29, 1.82) is 0 Å². The van der Waals surface area contributed by atoms with E-state index < -0.39 is 31.2 Å². The molecule has 0 bridgehead atoms. The zero-order valence-electron chi connectivity index (χ0n) is 13.9. The Bertz CT molecular complexity index is 786. The Labute approximate surface area is 153 Å². The van der Waals surface area contributed by atoms with Gasteiger partial charge in [-0.25, -0.2) is 14.4 Å².